The molecule has 1 amide bonds. The van der Waals surface area contributed by atoms with E-state index in [1.165, 1.54) is 35.5 Å². The number of fused-ring (bicyclic) bond motifs is 4. The van der Waals surface area contributed by atoms with Crippen molar-refractivity contribution in [1.29, 1.82) is 0 Å². The molecule has 3 aliphatic rings. The number of primary amides is 1. The first-order valence-corrected chi connectivity index (χ1v) is 12.3. The van der Waals surface area contributed by atoms with Gasteiger partial charge >= 0.3 is 0 Å². The van der Waals surface area contributed by atoms with Crippen molar-refractivity contribution in [1.82, 2.24) is 14.9 Å². The number of nitrogens with one attached hydrogen (secondary N) is 1. The molecule has 2 bridgehead atoms. The number of nitrogens with two attached hydrogens (primary N) is 2. The Morgan fingerprint density at radius 3 is 2.41 bits per heavy atom. The van der Waals surface area contributed by atoms with Gasteiger partial charge in [-0.25, -0.2) is 4.98 Å². The van der Waals surface area contributed by atoms with Crippen molar-refractivity contribution in [2.45, 2.75) is 25.3 Å². The van der Waals surface area contributed by atoms with Crippen molar-refractivity contribution in [3.8, 4) is 0 Å². The Morgan fingerprint density at radius 1 is 1.21 bits per heavy atom. The highest BCUT2D eigenvalue weighted by molar-refractivity contribution is 9.11. The second-order valence-electron chi connectivity index (χ2n) is 7.15. The number of H-pyrrole nitrogens is 1. The molecule has 3 aliphatic heterocycles. The van der Waals surface area contributed by atoms with Gasteiger partial charge in [-0.05, 0) is 82.3 Å². The molecule has 3 saturated heterocycles. The van der Waals surface area contributed by atoms with Crippen LogP contribution in [-0.4, -0.2) is 33.9 Å². The summed E-state index contributed by atoms with van der Waals surface area (Å²) in [5, 5.41) is 0. The molecule has 0 unspecified atom stereocenters. The van der Waals surface area contributed by atoms with Crippen LogP contribution in [0.1, 0.15) is 40.8 Å². The van der Waals surface area contributed by atoms with Gasteiger partial charge in [-0.3, -0.25) is 14.5 Å². The Kier molecular flexibility index (Phi) is 6.12. The number of rotatable bonds is 2. The van der Waals surface area contributed by atoms with Crippen LogP contribution in [0.5, 0.6) is 0 Å². The molecule has 0 saturated carbocycles. The first-order chi connectivity index (χ1) is 13.8. The maximum absolute atomic E-state index is 12.1. The molecular weight excluding hydrogens is 542 g/mol. The van der Waals surface area contributed by atoms with E-state index >= 15 is 0 Å². The number of hydrogen-bond acceptors (Lipinski definition) is 7. The maximum Gasteiger partial charge on any atom is 0.268 e. The van der Waals surface area contributed by atoms with Gasteiger partial charge in [-0.2, -0.15) is 0 Å². The molecule has 1 atom stereocenters. The first-order valence-electron chi connectivity index (χ1n) is 9.09. The topological polar surface area (TPSA) is 118 Å². The summed E-state index contributed by atoms with van der Waals surface area (Å²) in [5.74, 6) is 1.19. The third-order valence-corrected chi connectivity index (χ3v) is 8.58. The largest absolute Gasteiger partial charge is 0.397 e. The minimum absolute atomic E-state index is 0.00153. The summed E-state index contributed by atoms with van der Waals surface area (Å²) in [6, 6.07) is 3.91. The molecule has 7 nitrogen and oxygen atoms in total. The SMILES string of the molecule is NC(=O)c1sc(Br)cc1N.O=c1[nH]c([C@H]2CC3CCN2CC3)nc2cc(Br)sc12. The minimum atomic E-state index is -0.479. The van der Waals surface area contributed by atoms with Gasteiger partial charge < -0.3 is 16.5 Å². The molecule has 6 heterocycles. The van der Waals surface area contributed by atoms with Crippen LogP contribution in [0.2, 0.25) is 0 Å². The van der Waals surface area contributed by atoms with Gasteiger partial charge in [0, 0.05) is 0 Å². The summed E-state index contributed by atoms with van der Waals surface area (Å²) in [5.41, 5.74) is 11.7. The number of nitrogen functional groups attached to an aromatic ring is 1. The van der Waals surface area contributed by atoms with Crippen LogP contribution in [0, 0.1) is 5.92 Å². The molecule has 0 aliphatic carbocycles. The van der Waals surface area contributed by atoms with Gasteiger partial charge in [0.25, 0.3) is 11.5 Å². The molecule has 0 spiro atoms. The lowest BCUT2D eigenvalue weighted by Crippen LogP contribution is -2.44. The van der Waals surface area contributed by atoms with E-state index in [-0.39, 0.29) is 5.56 Å². The number of carbonyl (C=O) groups excluding carboxylic acids is 1. The summed E-state index contributed by atoms with van der Waals surface area (Å²) in [4.78, 5) is 33.3. The summed E-state index contributed by atoms with van der Waals surface area (Å²) >= 11 is 9.30. The van der Waals surface area contributed by atoms with Crippen LogP contribution in [0.4, 0.5) is 5.69 Å². The van der Waals surface area contributed by atoms with E-state index in [9.17, 15) is 9.59 Å². The zero-order valence-electron chi connectivity index (χ0n) is 15.3. The van der Waals surface area contributed by atoms with Crippen molar-refractivity contribution < 1.29 is 4.79 Å². The number of aromatic nitrogens is 2. The molecule has 0 aromatic carbocycles. The van der Waals surface area contributed by atoms with Crippen LogP contribution < -0.4 is 17.0 Å². The molecule has 3 aromatic rings. The van der Waals surface area contributed by atoms with Crippen LogP contribution in [0.15, 0.2) is 24.5 Å². The number of nitrogens with zero attached hydrogens (tertiary/aromatic N) is 2. The zero-order valence-corrected chi connectivity index (χ0v) is 20.1. The van der Waals surface area contributed by atoms with Crippen LogP contribution in [0.25, 0.3) is 10.2 Å². The number of halogens is 2. The second kappa shape index (κ2) is 8.46. The lowest BCUT2D eigenvalue weighted by atomic mass is 9.83. The van der Waals surface area contributed by atoms with Crippen molar-refractivity contribution in [2.24, 2.45) is 11.7 Å². The monoisotopic (exact) mass is 559 g/mol. The normalized spacial score (nSPS) is 23.0. The number of aromatic amines is 1. The molecule has 3 fully saturated rings. The quantitative estimate of drug-likeness (QED) is 0.436. The summed E-state index contributed by atoms with van der Waals surface area (Å²) in [6.07, 6.45) is 3.74. The predicted molar refractivity (Wildman–Crippen MR) is 125 cm³/mol. The van der Waals surface area contributed by atoms with Crippen molar-refractivity contribution in [3.05, 3.63) is 40.8 Å². The number of amides is 1. The van der Waals surface area contributed by atoms with Crippen LogP contribution >= 0.6 is 54.5 Å². The molecule has 11 heteroatoms. The Hall–Kier alpha value is -1.27. The maximum atomic E-state index is 12.1. The van der Waals surface area contributed by atoms with E-state index < -0.39 is 5.91 Å². The molecule has 29 heavy (non-hydrogen) atoms. The average molecular weight is 561 g/mol. The van der Waals surface area contributed by atoms with Crippen molar-refractivity contribution in [2.75, 3.05) is 18.8 Å². The standard InChI is InChI=1S/C13H14BrN3OS.C5H5BrN2OS/c14-10-6-8-11(19-10)13(18)16-12(15-8)9-5-7-1-3-17(9)4-2-7;6-3-1-2(7)4(10-3)5(8)9/h6-7,9H,1-5H2,(H,15,16,18);1H,7H2,(H2,8,9)/t9-;/m1./s1. The van der Waals surface area contributed by atoms with Gasteiger partial charge in [0.1, 0.15) is 15.4 Å². The first kappa shape index (κ1) is 21.0. The van der Waals surface area contributed by atoms with E-state index in [1.54, 1.807) is 6.07 Å². The molecule has 0 radical (unpaired) electrons. The van der Waals surface area contributed by atoms with E-state index in [2.05, 4.69) is 46.7 Å². The van der Waals surface area contributed by atoms with Crippen molar-refractivity contribution in [3.63, 3.8) is 0 Å². The van der Waals surface area contributed by atoms with E-state index in [1.807, 2.05) is 6.07 Å². The lowest BCUT2D eigenvalue weighted by molar-refractivity contribution is 0.0445. The van der Waals surface area contributed by atoms with Crippen LogP contribution in [0.3, 0.4) is 0 Å². The summed E-state index contributed by atoms with van der Waals surface area (Å²) in [6.45, 7) is 2.29. The fourth-order valence-corrected chi connectivity index (χ4v) is 6.71. The van der Waals surface area contributed by atoms with Crippen LogP contribution in [-0.2, 0) is 0 Å². The number of piperidine rings is 3. The Balaban J connectivity index is 0.000000174. The van der Waals surface area contributed by atoms with Crippen molar-refractivity contribution >= 4 is 76.3 Å². The third kappa shape index (κ3) is 4.43. The van der Waals surface area contributed by atoms with Gasteiger partial charge in [-0.15, -0.1) is 22.7 Å². The highest BCUT2D eigenvalue weighted by Crippen LogP contribution is 2.39. The van der Waals surface area contributed by atoms with Gasteiger partial charge in [0.05, 0.1) is 24.8 Å². The average Bonchev–Trinajstić information content (AvgIpc) is 3.24. The summed E-state index contributed by atoms with van der Waals surface area (Å²) < 4.78 is 2.49. The fraction of sp³-hybridized carbons (Fsp3) is 0.389. The Bertz CT molecular complexity index is 1120. The van der Waals surface area contributed by atoms with E-state index in [0.29, 0.717) is 21.3 Å². The molecule has 6 rings (SSSR count). The highest BCUT2D eigenvalue weighted by atomic mass is 79.9. The third-order valence-electron chi connectivity index (χ3n) is 5.29. The smallest absolute Gasteiger partial charge is 0.268 e. The highest BCUT2D eigenvalue weighted by Gasteiger charge is 2.35. The number of hydrogen-bond donors (Lipinski definition) is 3. The Morgan fingerprint density at radius 2 is 1.90 bits per heavy atom. The number of thiophene rings is 2. The summed E-state index contributed by atoms with van der Waals surface area (Å²) in [7, 11) is 0. The second-order valence-corrected chi connectivity index (χ2v) is 12.0. The molecule has 154 valence electrons. The molecule has 5 N–H and O–H groups in total. The minimum Gasteiger partial charge on any atom is -0.397 e. The van der Waals surface area contributed by atoms with E-state index in [4.69, 9.17) is 11.5 Å². The van der Waals surface area contributed by atoms with Gasteiger partial charge in [0.15, 0.2) is 0 Å². The van der Waals surface area contributed by atoms with Gasteiger partial charge in [-0.1, -0.05) is 0 Å². The lowest BCUT2D eigenvalue weighted by Gasteiger charge is -2.44. The fourth-order valence-electron chi connectivity index (χ4n) is 3.90. The predicted octanol–water partition coefficient (Wildman–Crippen LogP) is 4.10. The van der Waals surface area contributed by atoms with E-state index in [0.717, 1.165) is 44.3 Å². The zero-order chi connectivity index (χ0) is 20.7. The molecule has 3 aromatic heterocycles. The molecular formula is C18H19Br2N5O2S2. The number of carbonyl (C=O) groups is 1. The Labute approximate surface area is 191 Å². The number of anilines is 1. The van der Waals surface area contributed by atoms with Gasteiger partial charge in [0.2, 0.25) is 0 Å².